The van der Waals surface area contributed by atoms with Gasteiger partial charge in [-0.15, -0.1) is 0 Å². The number of hydrogen-bond donors (Lipinski definition) is 1. The number of alkyl halides is 3. The number of nitrogens with zero attached hydrogens (tertiary/aromatic N) is 2. The second-order valence-electron chi connectivity index (χ2n) is 5.67. The van der Waals surface area contributed by atoms with E-state index in [0.717, 1.165) is 19.6 Å². The molecular weight excluding hydrogens is 279 g/mol. The Balaban J connectivity index is 2.33. The second kappa shape index (κ2) is 6.23. The summed E-state index contributed by atoms with van der Waals surface area (Å²) in [4.78, 5) is 4.25. The summed E-state index contributed by atoms with van der Waals surface area (Å²) in [5.74, 6) is 0. The number of piperazine rings is 1. The summed E-state index contributed by atoms with van der Waals surface area (Å²) >= 11 is 0. The average Bonchev–Trinajstić information content (AvgIpc) is 2.38. The lowest BCUT2D eigenvalue weighted by Gasteiger charge is -2.40. The molecule has 0 spiro atoms. The molecule has 1 aromatic carbocycles. The highest BCUT2D eigenvalue weighted by atomic mass is 19.4. The van der Waals surface area contributed by atoms with Gasteiger partial charge in [0.15, 0.2) is 0 Å². The maximum atomic E-state index is 13.2. The van der Waals surface area contributed by atoms with Gasteiger partial charge >= 0.3 is 6.18 Å². The van der Waals surface area contributed by atoms with Crippen LogP contribution in [-0.4, -0.2) is 44.7 Å². The van der Waals surface area contributed by atoms with Gasteiger partial charge in [0.2, 0.25) is 0 Å². The topological polar surface area (TPSA) is 18.5 Å². The lowest BCUT2D eigenvalue weighted by atomic mass is 10.0. The minimum absolute atomic E-state index is 0.208. The molecule has 1 heterocycles. The highest BCUT2D eigenvalue weighted by molar-refractivity contribution is 5.53. The average molecular weight is 301 g/mol. The molecule has 1 aliphatic heterocycles. The maximum Gasteiger partial charge on any atom is 0.416 e. The quantitative estimate of drug-likeness (QED) is 0.926. The highest BCUT2D eigenvalue weighted by Crippen LogP contribution is 2.35. The molecule has 0 aromatic heterocycles. The molecule has 0 aliphatic carbocycles. The number of rotatable bonds is 3. The van der Waals surface area contributed by atoms with Crippen LogP contribution in [0.15, 0.2) is 18.2 Å². The third-order valence-corrected chi connectivity index (χ3v) is 3.93. The molecule has 0 amide bonds. The largest absolute Gasteiger partial charge is 0.416 e. The fourth-order valence-electron chi connectivity index (χ4n) is 2.87. The van der Waals surface area contributed by atoms with Gasteiger partial charge in [-0.3, -0.25) is 0 Å². The monoisotopic (exact) mass is 301 g/mol. The lowest BCUT2D eigenvalue weighted by Crippen LogP contribution is -2.50. The van der Waals surface area contributed by atoms with E-state index in [-0.39, 0.29) is 18.2 Å². The summed E-state index contributed by atoms with van der Waals surface area (Å²) in [5.41, 5.74) is 0.402. The molecule has 1 aromatic rings. The van der Waals surface area contributed by atoms with Gasteiger partial charge in [0.1, 0.15) is 0 Å². The van der Waals surface area contributed by atoms with Crippen LogP contribution in [0.4, 0.5) is 18.9 Å². The zero-order valence-corrected chi connectivity index (χ0v) is 12.7. The molecule has 2 rings (SSSR count). The van der Waals surface area contributed by atoms with Gasteiger partial charge in [0, 0.05) is 37.9 Å². The predicted molar refractivity (Wildman–Crippen MR) is 78.5 cm³/mol. The van der Waals surface area contributed by atoms with Crippen molar-refractivity contribution in [2.75, 3.05) is 38.6 Å². The number of hydrogen-bond acceptors (Lipinski definition) is 3. The molecule has 1 aliphatic rings. The van der Waals surface area contributed by atoms with Crippen molar-refractivity contribution in [3.8, 4) is 0 Å². The molecule has 0 saturated carbocycles. The Morgan fingerprint density at radius 1 is 1.29 bits per heavy atom. The Labute approximate surface area is 123 Å². The summed E-state index contributed by atoms with van der Waals surface area (Å²) in [5, 5.41) is 2.79. The first-order chi connectivity index (χ1) is 9.82. The predicted octanol–water partition coefficient (Wildman–Crippen LogP) is 2.57. The normalized spacial score (nSPS) is 20.9. The van der Waals surface area contributed by atoms with Gasteiger partial charge in [0.25, 0.3) is 0 Å². The molecule has 1 atom stereocenters. The molecule has 3 nitrogen and oxygen atoms in total. The Morgan fingerprint density at radius 3 is 2.57 bits per heavy atom. The van der Waals surface area contributed by atoms with Crippen LogP contribution in [0.2, 0.25) is 0 Å². The van der Waals surface area contributed by atoms with Crippen LogP contribution in [0.25, 0.3) is 0 Å². The zero-order valence-electron chi connectivity index (χ0n) is 12.7. The first kappa shape index (κ1) is 16.1. The van der Waals surface area contributed by atoms with E-state index in [1.54, 1.807) is 19.2 Å². The summed E-state index contributed by atoms with van der Waals surface area (Å²) in [6, 6.07) is 4.87. The van der Waals surface area contributed by atoms with E-state index in [9.17, 15) is 13.2 Å². The van der Waals surface area contributed by atoms with Gasteiger partial charge in [-0.25, -0.2) is 0 Å². The molecule has 1 unspecified atom stereocenters. The van der Waals surface area contributed by atoms with Crippen molar-refractivity contribution in [1.82, 2.24) is 10.2 Å². The van der Waals surface area contributed by atoms with Crippen molar-refractivity contribution >= 4 is 5.69 Å². The van der Waals surface area contributed by atoms with E-state index in [4.69, 9.17) is 0 Å². The first-order valence-electron chi connectivity index (χ1n) is 7.13. The van der Waals surface area contributed by atoms with Gasteiger partial charge in [-0.05, 0) is 38.7 Å². The maximum absolute atomic E-state index is 13.2. The molecule has 1 N–H and O–H groups in total. The van der Waals surface area contributed by atoms with Crippen molar-refractivity contribution in [3.63, 3.8) is 0 Å². The number of nitrogens with one attached hydrogen (secondary N) is 1. The summed E-state index contributed by atoms with van der Waals surface area (Å²) in [6.45, 7) is 4.74. The summed E-state index contributed by atoms with van der Waals surface area (Å²) < 4.78 is 39.7. The van der Waals surface area contributed by atoms with E-state index < -0.39 is 11.7 Å². The summed E-state index contributed by atoms with van der Waals surface area (Å²) in [6.07, 6.45) is -4.32. The SMILES string of the molecule is CNCc1ccc(N2CCN(C)CC2C)cc1C(F)(F)F. The van der Waals surface area contributed by atoms with E-state index in [2.05, 4.69) is 15.1 Å². The second-order valence-corrected chi connectivity index (χ2v) is 5.67. The fourth-order valence-corrected chi connectivity index (χ4v) is 2.87. The third-order valence-electron chi connectivity index (χ3n) is 3.93. The van der Waals surface area contributed by atoms with Crippen LogP contribution in [0.5, 0.6) is 0 Å². The molecule has 6 heteroatoms. The molecule has 21 heavy (non-hydrogen) atoms. The lowest BCUT2D eigenvalue weighted by molar-refractivity contribution is -0.138. The van der Waals surface area contributed by atoms with Gasteiger partial charge < -0.3 is 15.1 Å². The molecule has 118 valence electrons. The third kappa shape index (κ3) is 3.68. The molecule has 0 bridgehead atoms. The molecule has 1 saturated heterocycles. The highest BCUT2D eigenvalue weighted by Gasteiger charge is 2.34. The van der Waals surface area contributed by atoms with Crippen LogP contribution in [-0.2, 0) is 12.7 Å². The number of anilines is 1. The number of halogens is 3. The molecule has 0 radical (unpaired) electrons. The smallest absolute Gasteiger partial charge is 0.366 e. The van der Waals surface area contributed by atoms with E-state index >= 15 is 0 Å². The van der Waals surface area contributed by atoms with Crippen LogP contribution >= 0.6 is 0 Å². The number of benzene rings is 1. The van der Waals surface area contributed by atoms with E-state index in [1.807, 2.05) is 14.0 Å². The summed E-state index contributed by atoms with van der Waals surface area (Å²) in [7, 11) is 3.68. The van der Waals surface area contributed by atoms with Crippen LogP contribution in [0, 0.1) is 0 Å². The van der Waals surface area contributed by atoms with Crippen LogP contribution in [0.3, 0.4) is 0 Å². The van der Waals surface area contributed by atoms with Crippen molar-refractivity contribution < 1.29 is 13.2 Å². The van der Waals surface area contributed by atoms with Crippen LogP contribution in [0.1, 0.15) is 18.1 Å². The Hall–Kier alpha value is -1.27. The Bertz CT molecular complexity index is 488. The van der Waals surface area contributed by atoms with Gasteiger partial charge in [-0.1, -0.05) is 6.07 Å². The Morgan fingerprint density at radius 2 is 2.00 bits per heavy atom. The van der Waals surface area contributed by atoms with E-state index in [1.165, 1.54) is 6.07 Å². The standard InChI is InChI=1S/C15H22F3N3/c1-11-10-20(3)6-7-21(11)13-5-4-12(9-19-2)14(8-13)15(16,17)18/h4-5,8,11,19H,6-7,9-10H2,1-3H3. The van der Waals surface area contributed by atoms with Crippen LogP contribution < -0.4 is 10.2 Å². The first-order valence-corrected chi connectivity index (χ1v) is 7.13. The fraction of sp³-hybridized carbons (Fsp3) is 0.600. The zero-order chi connectivity index (χ0) is 15.6. The minimum Gasteiger partial charge on any atom is -0.366 e. The van der Waals surface area contributed by atoms with Crippen molar-refractivity contribution in [2.24, 2.45) is 0 Å². The molecular formula is C15H22F3N3. The van der Waals surface area contributed by atoms with Crippen molar-refractivity contribution in [1.29, 1.82) is 0 Å². The van der Waals surface area contributed by atoms with Gasteiger partial charge in [0.05, 0.1) is 5.56 Å². The minimum atomic E-state index is -4.32. The Kier molecular flexibility index (Phi) is 4.78. The van der Waals surface area contributed by atoms with Crippen molar-refractivity contribution in [3.05, 3.63) is 29.3 Å². The van der Waals surface area contributed by atoms with E-state index in [0.29, 0.717) is 5.69 Å². The van der Waals surface area contributed by atoms with Gasteiger partial charge in [-0.2, -0.15) is 13.2 Å². The van der Waals surface area contributed by atoms with Crippen molar-refractivity contribution in [2.45, 2.75) is 25.7 Å². The molecule has 1 fully saturated rings. The number of likely N-dealkylation sites (N-methyl/N-ethyl adjacent to an activating group) is 1.